The van der Waals surface area contributed by atoms with Gasteiger partial charge in [0.05, 0.1) is 18.6 Å². The van der Waals surface area contributed by atoms with Gasteiger partial charge in [-0.3, -0.25) is 4.79 Å². The van der Waals surface area contributed by atoms with Crippen LogP contribution >= 0.6 is 11.6 Å². The first-order valence-electron chi connectivity index (χ1n) is 6.29. The Hall–Kier alpha value is -1.07. The van der Waals surface area contributed by atoms with Crippen LogP contribution in [0, 0.1) is 0 Å². The van der Waals surface area contributed by atoms with E-state index in [1.54, 1.807) is 17.0 Å². The van der Waals surface area contributed by atoms with Crippen molar-refractivity contribution in [3.63, 3.8) is 0 Å². The normalized spacial score (nSPS) is 24.3. The topological polar surface area (TPSA) is 47.4 Å². The van der Waals surface area contributed by atoms with Gasteiger partial charge in [-0.15, -0.1) is 11.6 Å². The van der Waals surface area contributed by atoms with Crippen LogP contribution in [0.25, 0.3) is 0 Å². The standard InChI is InChI=1S/C12H16ClN3O2/c13-7-10-8-15(5-6-18-10)11-12(17)16(4-3-14-11)9-1-2-9/h3-4,9-10H,1-2,5-8H2. The minimum atomic E-state index is -0.0174. The molecule has 1 aliphatic carbocycles. The van der Waals surface area contributed by atoms with Crippen molar-refractivity contribution in [3.05, 3.63) is 22.7 Å². The van der Waals surface area contributed by atoms with Crippen molar-refractivity contribution in [2.75, 3.05) is 30.5 Å². The molecule has 0 aromatic carbocycles. The van der Waals surface area contributed by atoms with Crippen molar-refractivity contribution in [3.8, 4) is 0 Å². The second-order valence-electron chi connectivity index (χ2n) is 4.79. The fraction of sp³-hybridized carbons (Fsp3) is 0.667. The summed E-state index contributed by atoms with van der Waals surface area (Å²) in [4.78, 5) is 18.5. The Labute approximate surface area is 110 Å². The van der Waals surface area contributed by atoms with E-state index in [9.17, 15) is 4.79 Å². The van der Waals surface area contributed by atoms with Gasteiger partial charge in [-0.05, 0) is 12.8 Å². The van der Waals surface area contributed by atoms with E-state index in [0.29, 0.717) is 37.4 Å². The van der Waals surface area contributed by atoms with Crippen LogP contribution in [0.5, 0.6) is 0 Å². The van der Waals surface area contributed by atoms with Gasteiger partial charge >= 0.3 is 0 Å². The van der Waals surface area contributed by atoms with Crippen molar-refractivity contribution < 1.29 is 4.74 Å². The molecule has 6 heteroatoms. The quantitative estimate of drug-likeness (QED) is 0.769. The third-order valence-electron chi connectivity index (χ3n) is 3.40. The molecule has 0 amide bonds. The number of aromatic nitrogens is 2. The van der Waals surface area contributed by atoms with Crippen LogP contribution in [-0.2, 0) is 4.74 Å². The van der Waals surface area contributed by atoms with Crippen molar-refractivity contribution >= 4 is 17.4 Å². The van der Waals surface area contributed by atoms with Gasteiger partial charge in [-0.25, -0.2) is 4.98 Å². The maximum Gasteiger partial charge on any atom is 0.293 e. The Balaban J connectivity index is 1.87. The molecule has 1 saturated heterocycles. The predicted octanol–water partition coefficient (Wildman–Crippen LogP) is 1.02. The van der Waals surface area contributed by atoms with Crippen molar-refractivity contribution in [2.45, 2.75) is 25.0 Å². The van der Waals surface area contributed by atoms with E-state index >= 15 is 0 Å². The molecule has 98 valence electrons. The summed E-state index contributed by atoms with van der Waals surface area (Å²) in [6, 6.07) is 0.379. The van der Waals surface area contributed by atoms with Crippen LogP contribution in [-0.4, -0.2) is 41.2 Å². The number of morpholine rings is 1. The van der Waals surface area contributed by atoms with Gasteiger partial charge in [0.2, 0.25) is 0 Å². The highest BCUT2D eigenvalue weighted by atomic mass is 35.5. The molecular formula is C12H16ClN3O2. The van der Waals surface area contributed by atoms with Crippen LogP contribution in [0.1, 0.15) is 18.9 Å². The average Bonchev–Trinajstić information content (AvgIpc) is 3.23. The summed E-state index contributed by atoms with van der Waals surface area (Å²) in [5.41, 5.74) is 0.00947. The highest BCUT2D eigenvalue weighted by Gasteiger charge is 2.28. The van der Waals surface area contributed by atoms with Gasteiger partial charge in [0.25, 0.3) is 5.56 Å². The van der Waals surface area contributed by atoms with Crippen LogP contribution in [0.15, 0.2) is 17.2 Å². The maximum absolute atomic E-state index is 12.3. The Morgan fingerprint density at radius 1 is 1.50 bits per heavy atom. The molecule has 1 aliphatic heterocycles. The molecule has 5 nitrogen and oxygen atoms in total. The van der Waals surface area contributed by atoms with Crippen LogP contribution < -0.4 is 10.5 Å². The number of anilines is 1. The lowest BCUT2D eigenvalue weighted by molar-refractivity contribution is 0.0550. The lowest BCUT2D eigenvalue weighted by Crippen LogP contribution is -2.46. The average molecular weight is 270 g/mol. The van der Waals surface area contributed by atoms with E-state index in [0.717, 1.165) is 12.8 Å². The Bertz CT molecular complexity index is 486. The predicted molar refractivity (Wildman–Crippen MR) is 69.4 cm³/mol. The Kier molecular flexibility index (Phi) is 3.26. The zero-order valence-corrected chi connectivity index (χ0v) is 10.8. The molecule has 1 saturated carbocycles. The monoisotopic (exact) mass is 269 g/mol. The first-order chi connectivity index (χ1) is 8.79. The highest BCUT2D eigenvalue weighted by Crippen LogP contribution is 2.33. The molecule has 1 aromatic rings. The smallest absolute Gasteiger partial charge is 0.293 e. The molecule has 1 aromatic heterocycles. The van der Waals surface area contributed by atoms with E-state index in [-0.39, 0.29) is 11.7 Å². The summed E-state index contributed by atoms with van der Waals surface area (Å²) in [5.74, 6) is 0.975. The summed E-state index contributed by atoms with van der Waals surface area (Å²) < 4.78 is 7.30. The first kappa shape index (κ1) is 12.0. The van der Waals surface area contributed by atoms with Crippen molar-refractivity contribution in [1.82, 2.24) is 9.55 Å². The fourth-order valence-corrected chi connectivity index (χ4v) is 2.46. The van der Waals surface area contributed by atoms with E-state index in [1.807, 2.05) is 4.90 Å². The Morgan fingerprint density at radius 2 is 2.33 bits per heavy atom. The molecule has 0 spiro atoms. The van der Waals surface area contributed by atoms with Gasteiger partial charge in [-0.1, -0.05) is 0 Å². The van der Waals surface area contributed by atoms with Gasteiger partial charge in [0.1, 0.15) is 0 Å². The molecule has 2 aliphatic rings. The molecule has 0 radical (unpaired) electrons. The van der Waals surface area contributed by atoms with Crippen LogP contribution in [0.3, 0.4) is 0 Å². The molecular weight excluding hydrogens is 254 g/mol. The third-order valence-corrected chi connectivity index (χ3v) is 3.74. The van der Waals surface area contributed by atoms with E-state index < -0.39 is 0 Å². The fourth-order valence-electron chi connectivity index (χ4n) is 2.28. The molecule has 2 heterocycles. The lowest BCUT2D eigenvalue weighted by atomic mass is 10.3. The van der Waals surface area contributed by atoms with Crippen molar-refractivity contribution in [1.29, 1.82) is 0 Å². The zero-order valence-electron chi connectivity index (χ0n) is 10.1. The van der Waals surface area contributed by atoms with E-state index in [2.05, 4.69) is 4.98 Å². The highest BCUT2D eigenvalue weighted by molar-refractivity contribution is 6.18. The number of hydrogen-bond donors (Lipinski definition) is 0. The second kappa shape index (κ2) is 4.90. The summed E-state index contributed by atoms with van der Waals surface area (Å²) in [7, 11) is 0. The number of ether oxygens (including phenoxy) is 1. The number of alkyl halides is 1. The summed E-state index contributed by atoms with van der Waals surface area (Å²) >= 11 is 5.81. The zero-order chi connectivity index (χ0) is 12.5. The molecule has 2 fully saturated rings. The van der Waals surface area contributed by atoms with Gasteiger partial charge < -0.3 is 14.2 Å². The minimum Gasteiger partial charge on any atom is -0.373 e. The lowest BCUT2D eigenvalue weighted by Gasteiger charge is -2.32. The van der Waals surface area contributed by atoms with Crippen LogP contribution in [0.2, 0.25) is 0 Å². The van der Waals surface area contributed by atoms with Crippen molar-refractivity contribution in [2.24, 2.45) is 0 Å². The molecule has 0 N–H and O–H groups in total. The molecule has 18 heavy (non-hydrogen) atoms. The number of nitrogens with zero attached hydrogens (tertiary/aromatic N) is 3. The summed E-state index contributed by atoms with van der Waals surface area (Å²) in [6.07, 6.45) is 5.66. The molecule has 0 bridgehead atoms. The number of hydrogen-bond acceptors (Lipinski definition) is 4. The maximum atomic E-state index is 12.3. The first-order valence-corrected chi connectivity index (χ1v) is 6.82. The van der Waals surface area contributed by atoms with E-state index in [1.165, 1.54) is 0 Å². The summed E-state index contributed by atoms with van der Waals surface area (Å²) in [6.45, 7) is 1.93. The third kappa shape index (κ3) is 2.24. The van der Waals surface area contributed by atoms with Gasteiger partial charge in [-0.2, -0.15) is 0 Å². The second-order valence-corrected chi connectivity index (χ2v) is 5.10. The molecule has 3 rings (SSSR count). The summed E-state index contributed by atoms with van der Waals surface area (Å²) in [5, 5.41) is 0. The Morgan fingerprint density at radius 3 is 3.06 bits per heavy atom. The number of rotatable bonds is 3. The molecule has 1 unspecified atom stereocenters. The van der Waals surface area contributed by atoms with E-state index in [4.69, 9.17) is 16.3 Å². The number of halogens is 1. The largest absolute Gasteiger partial charge is 0.373 e. The minimum absolute atomic E-state index is 0.00947. The molecule has 1 atom stereocenters. The van der Waals surface area contributed by atoms with Crippen LogP contribution in [0.4, 0.5) is 5.82 Å². The van der Waals surface area contributed by atoms with Gasteiger partial charge in [0, 0.05) is 31.5 Å². The van der Waals surface area contributed by atoms with Gasteiger partial charge in [0.15, 0.2) is 5.82 Å². The SMILES string of the molecule is O=c1c(N2CCOC(CCl)C2)nccn1C1CC1.